The molecule has 624 valence electrons. The molecule has 0 saturated heterocycles. The van der Waals surface area contributed by atoms with Gasteiger partial charge in [-0.1, -0.05) is 0 Å². The van der Waals surface area contributed by atoms with Crippen LogP contribution in [0.15, 0.2) is 97.1 Å². The van der Waals surface area contributed by atoms with E-state index in [0.29, 0.717) is 0 Å². The molecule has 0 spiro atoms. The van der Waals surface area contributed by atoms with Gasteiger partial charge < -0.3 is 18.1 Å². The van der Waals surface area contributed by atoms with E-state index >= 15 is 35.1 Å². The van der Waals surface area contributed by atoms with Crippen LogP contribution in [0.4, 0.5) is 228 Å². The van der Waals surface area contributed by atoms with Crippen LogP contribution in [0, 0.1) is 0 Å². The summed E-state index contributed by atoms with van der Waals surface area (Å²) in [6, 6.07) is -8.54. The van der Waals surface area contributed by atoms with Gasteiger partial charge in [-0.05, 0) is 103 Å². The SMILES string of the molecule is FC(F)(F)C(F)(F)C(F)(F)C(F)(F)C(F)(F)C(F)(F)c1ccc(OP(CCCP(Oc2ccc(C(F)(F)C(F)(F)C(F)(F)C(F)(F)C(F)(F)C(F)(F)F)cc2)Oc2ccc(C(F)(F)C(F)(F)C(F)(F)C(F)(F)C(F)(F)C(F)(F)F)cc2)Oc2ccc(C(F)(F)C(F)(F)C(F)(F)C(F)(F)C(F)(F)C(F)(F)F)cc2)cc1. The fourth-order valence-electron chi connectivity index (χ4n) is 7.72. The molecule has 0 heterocycles. The van der Waals surface area contributed by atoms with Crippen molar-refractivity contribution in [2.24, 2.45) is 0 Å². The van der Waals surface area contributed by atoms with Gasteiger partial charge in [0.2, 0.25) is 0 Å². The van der Waals surface area contributed by atoms with Gasteiger partial charge in [0.05, 0.1) is 0 Å². The third-order valence-electron chi connectivity index (χ3n) is 14.1. The van der Waals surface area contributed by atoms with Gasteiger partial charge in [0.15, 0.2) is 0 Å². The van der Waals surface area contributed by atoms with E-state index in [1.807, 2.05) is 0 Å². The first-order valence-corrected chi connectivity index (χ1v) is 29.0. The Morgan fingerprint density at radius 1 is 0.165 bits per heavy atom. The molecule has 0 atom stereocenters. The van der Waals surface area contributed by atoms with E-state index in [1.54, 1.807) is 0 Å². The van der Waals surface area contributed by atoms with Gasteiger partial charge in [-0.2, -0.15) is 228 Å². The first kappa shape index (κ1) is 94.7. The molecule has 0 bridgehead atoms. The maximum Gasteiger partial charge on any atom is 0.460 e. The zero-order valence-corrected chi connectivity index (χ0v) is 51.3. The van der Waals surface area contributed by atoms with Gasteiger partial charge in [-0.25, -0.2) is 0 Å². The zero-order valence-electron chi connectivity index (χ0n) is 49.5. The lowest BCUT2D eigenvalue weighted by Gasteiger charge is -2.39. The van der Waals surface area contributed by atoms with Crippen LogP contribution < -0.4 is 18.1 Å². The lowest BCUT2D eigenvalue weighted by molar-refractivity contribution is -0.441. The van der Waals surface area contributed by atoms with Crippen LogP contribution >= 0.6 is 16.8 Å². The first-order chi connectivity index (χ1) is 47.8. The molecule has 4 aromatic rings. The molecule has 0 aliphatic heterocycles. The minimum absolute atomic E-state index is 0.331. The number of benzene rings is 4. The van der Waals surface area contributed by atoms with Crippen molar-refractivity contribution in [3.8, 4) is 23.0 Å². The molecule has 0 aliphatic carbocycles. The van der Waals surface area contributed by atoms with Crippen LogP contribution in [0.3, 0.4) is 0 Å². The fraction of sp³-hybridized carbons (Fsp3) is 0.529. The molecule has 4 rings (SSSR count). The van der Waals surface area contributed by atoms with Gasteiger partial charge in [0.1, 0.15) is 23.0 Å². The average molecular weight is 1750 g/mol. The Kier molecular flexibility index (Phi) is 24.4. The Labute approximate surface area is 567 Å². The average Bonchev–Trinajstić information content (AvgIpc) is 0.723. The minimum Gasteiger partial charge on any atom is -0.439 e. The van der Waals surface area contributed by atoms with E-state index in [-0.39, 0.29) is 48.5 Å². The summed E-state index contributed by atoms with van der Waals surface area (Å²) in [5, 5.41) is 0. The molecular weight excluding hydrogens is 1730 g/mol. The molecule has 0 unspecified atom stereocenters. The third kappa shape index (κ3) is 14.9. The first-order valence-electron chi connectivity index (χ1n) is 26.3. The molecule has 0 amide bonds. The summed E-state index contributed by atoms with van der Waals surface area (Å²) in [6.45, 7) is 0. The topological polar surface area (TPSA) is 36.9 Å². The molecule has 0 fully saturated rings. The Hall–Kier alpha value is -6.70. The largest absolute Gasteiger partial charge is 0.460 e. The molecule has 0 N–H and O–H groups in total. The van der Waals surface area contributed by atoms with Crippen molar-refractivity contribution in [3.63, 3.8) is 0 Å². The molecule has 109 heavy (non-hydrogen) atoms. The zero-order chi connectivity index (χ0) is 86.0. The Morgan fingerprint density at radius 2 is 0.284 bits per heavy atom. The molecule has 4 nitrogen and oxygen atoms in total. The Bertz CT molecular complexity index is 3280. The summed E-state index contributed by atoms with van der Waals surface area (Å²) in [7, 11) is -7.54. The summed E-state index contributed by atoms with van der Waals surface area (Å²) in [4.78, 5) is 0. The summed E-state index contributed by atoms with van der Waals surface area (Å²) in [5.41, 5.74) is -11.5. The number of hydrogen-bond donors (Lipinski definition) is 0. The molecule has 0 aromatic heterocycles. The summed E-state index contributed by atoms with van der Waals surface area (Å²) >= 11 is 0. The standard InChI is InChI=1S/C51H22F52O4P2/c52-28(53,32(60,61)36(68,69)40(76,77)44(84,85)48(92,93)94)20-2-10-24(11-3-20)104-108(105-25-12-4-21(5-13-25)29(54,55)33(62,63)37(70,71)41(78,79)45(86,87)49(95,96)97)18-1-19-109(106-26-14-6-22(7-15-26)30(56,57)34(64,65)38(72,73)42(80,81)46(88,89)50(98,99)100)107-27-16-8-23(9-17-27)31(58,59)35(66,67)39(74,75)43(82,83)47(90,91)51(101,102)103/h2-17H,1,18-19H2. The summed E-state index contributed by atoms with van der Waals surface area (Å²) in [6.07, 6.45) is -36.0. The van der Waals surface area contributed by atoms with Crippen molar-refractivity contribution in [1.29, 1.82) is 0 Å². The predicted molar refractivity (Wildman–Crippen MR) is 255 cm³/mol. The Balaban J connectivity index is 1.92. The molecular formula is C51H22F52O4P2. The molecule has 58 heteroatoms. The monoisotopic (exact) mass is 1750 g/mol. The van der Waals surface area contributed by atoms with Crippen LogP contribution in [0.1, 0.15) is 28.7 Å². The van der Waals surface area contributed by atoms with E-state index in [2.05, 4.69) is 0 Å². The van der Waals surface area contributed by atoms with Gasteiger partial charge >= 0.3 is 143 Å². The number of halogens is 52. The number of alkyl halides is 52. The van der Waals surface area contributed by atoms with Crippen molar-refractivity contribution in [2.45, 2.75) is 150 Å². The van der Waals surface area contributed by atoms with E-state index in [9.17, 15) is 193 Å². The summed E-state index contributed by atoms with van der Waals surface area (Å²) < 4.78 is 744. The third-order valence-corrected chi connectivity index (χ3v) is 17.1. The normalized spacial score (nSPS) is 15.6. The van der Waals surface area contributed by atoms with Crippen LogP contribution in [-0.2, 0) is 23.7 Å². The highest BCUT2D eigenvalue weighted by atomic mass is 31.2. The molecule has 0 aliphatic rings. The van der Waals surface area contributed by atoms with E-state index in [4.69, 9.17) is 18.1 Å². The lowest BCUT2D eigenvalue weighted by Crippen LogP contribution is -2.69. The summed E-state index contributed by atoms with van der Waals surface area (Å²) in [5.74, 6) is -168. The van der Waals surface area contributed by atoms with Crippen LogP contribution in [-0.4, -0.2) is 132 Å². The number of rotatable bonds is 32. The van der Waals surface area contributed by atoms with Crippen LogP contribution in [0.2, 0.25) is 0 Å². The minimum atomic E-state index is -8.54. The van der Waals surface area contributed by atoms with Crippen LogP contribution in [0.25, 0.3) is 0 Å². The second-order valence-corrected chi connectivity index (χ2v) is 24.4. The van der Waals surface area contributed by atoms with Gasteiger partial charge in [0.25, 0.3) is 16.8 Å². The predicted octanol–water partition coefficient (Wildman–Crippen LogP) is 25.1. The molecule has 0 saturated carbocycles. The lowest BCUT2D eigenvalue weighted by atomic mass is 9.90. The highest BCUT2D eigenvalue weighted by Gasteiger charge is 2.95. The molecule has 0 radical (unpaired) electrons. The highest BCUT2D eigenvalue weighted by Crippen LogP contribution is 2.68. The van der Waals surface area contributed by atoms with Gasteiger partial charge in [-0.3, -0.25) is 0 Å². The van der Waals surface area contributed by atoms with Crippen molar-refractivity contribution >= 4 is 16.8 Å². The van der Waals surface area contributed by atoms with Crippen molar-refractivity contribution in [2.75, 3.05) is 12.3 Å². The highest BCUT2D eigenvalue weighted by molar-refractivity contribution is 7.49. The van der Waals surface area contributed by atoms with E-state index in [1.165, 1.54) is 0 Å². The van der Waals surface area contributed by atoms with Gasteiger partial charge in [-0.15, -0.1) is 0 Å². The fourth-order valence-corrected chi connectivity index (χ4v) is 10.7. The van der Waals surface area contributed by atoms with E-state index < -0.39 is 272 Å². The second kappa shape index (κ2) is 28.1. The second-order valence-electron chi connectivity index (χ2n) is 21.4. The van der Waals surface area contributed by atoms with Crippen molar-refractivity contribution < 1.29 is 246 Å². The quantitative estimate of drug-likeness (QED) is 0.0361. The van der Waals surface area contributed by atoms with Gasteiger partial charge in [0, 0.05) is 34.6 Å². The maximum atomic E-state index is 15.1. The van der Waals surface area contributed by atoms with Crippen molar-refractivity contribution in [3.05, 3.63) is 119 Å². The molecule has 4 aromatic carbocycles. The maximum absolute atomic E-state index is 15.1. The smallest absolute Gasteiger partial charge is 0.439 e. The number of hydrogen-bond acceptors (Lipinski definition) is 4. The van der Waals surface area contributed by atoms with Crippen molar-refractivity contribution in [1.82, 2.24) is 0 Å². The van der Waals surface area contributed by atoms with E-state index in [0.717, 1.165) is 0 Å². The Morgan fingerprint density at radius 3 is 0.404 bits per heavy atom. The van der Waals surface area contributed by atoms with Crippen LogP contribution in [0.5, 0.6) is 23.0 Å².